The molecule has 3 saturated carbocycles. The Balaban J connectivity index is 1.57. The molecule has 8 atom stereocenters. The van der Waals surface area contributed by atoms with Crippen molar-refractivity contribution in [3.8, 4) is 0 Å². The van der Waals surface area contributed by atoms with Gasteiger partial charge in [-0.15, -0.1) is 0 Å². The van der Waals surface area contributed by atoms with E-state index < -0.39 is 6.23 Å². The lowest BCUT2D eigenvalue weighted by Crippen LogP contribution is -2.60. The van der Waals surface area contributed by atoms with E-state index in [4.69, 9.17) is 0 Å². The molecule has 1 aliphatic heterocycles. The van der Waals surface area contributed by atoms with Crippen molar-refractivity contribution in [3.63, 3.8) is 0 Å². The molecule has 4 heteroatoms. The Bertz CT molecular complexity index is 639. The van der Waals surface area contributed by atoms with Gasteiger partial charge in [-0.2, -0.15) is 0 Å². The van der Waals surface area contributed by atoms with Crippen LogP contribution < -0.4 is 10.6 Å². The SMILES string of the molecule is CC(C)(C)NC(=O)[C@H]1CC[C@H]2[C@@H]3CC[C@H]4NC(O)C=C[C@]4(C)[C@H]3CC[C@]12C. The number of amides is 1. The van der Waals surface area contributed by atoms with E-state index in [0.29, 0.717) is 23.8 Å². The van der Waals surface area contributed by atoms with E-state index in [1.54, 1.807) is 0 Å². The van der Waals surface area contributed by atoms with Gasteiger partial charge in [-0.3, -0.25) is 10.1 Å². The second-order valence-electron chi connectivity index (χ2n) is 11.3. The van der Waals surface area contributed by atoms with Gasteiger partial charge in [0.25, 0.3) is 0 Å². The number of fused-ring (bicyclic) bond motifs is 5. The summed E-state index contributed by atoms with van der Waals surface area (Å²) < 4.78 is 0. The van der Waals surface area contributed by atoms with E-state index >= 15 is 0 Å². The minimum Gasteiger partial charge on any atom is -0.375 e. The van der Waals surface area contributed by atoms with Gasteiger partial charge < -0.3 is 10.4 Å². The van der Waals surface area contributed by atoms with Crippen molar-refractivity contribution in [2.45, 2.75) is 91.0 Å². The monoisotopic (exact) mass is 374 g/mol. The fourth-order valence-electron chi connectivity index (χ4n) is 7.34. The molecule has 3 N–H and O–H groups in total. The third-order valence-electron chi connectivity index (χ3n) is 8.60. The Labute approximate surface area is 164 Å². The summed E-state index contributed by atoms with van der Waals surface area (Å²) in [4.78, 5) is 13.0. The van der Waals surface area contributed by atoms with Gasteiger partial charge in [-0.05, 0) is 88.5 Å². The van der Waals surface area contributed by atoms with Crippen molar-refractivity contribution < 1.29 is 9.90 Å². The number of hydrogen-bond acceptors (Lipinski definition) is 3. The Morgan fingerprint density at radius 1 is 1.11 bits per heavy atom. The van der Waals surface area contributed by atoms with Crippen LogP contribution in [0.3, 0.4) is 0 Å². The highest BCUT2D eigenvalue weighted by Crippen LogP contribution is 2.65. The lowest BCUT2D eigenvalue weighted by Gasteiger charge is -2.59. The topological polar surface area (TPSA) is 61.4 Å². The number of hydrogen-bond donors (Lipinski definition) is 3. The zero-order valence-electron chi connectivity index (χ0n) is 17.7. The highest BCUT2D eigenvalue weighted by molar-refractivity contribution is 5.80. The number of nitrogens with one attached hydrogen (secondary N) is 2. The first-order valence-corrected chi connectivity index (χ1v) is 11.0. The van der Waals surface area contributed by atoms with E-state index in [1.807, 2.05) is 6.08 Å². The predicted molar refractivity (Wildman–Crippen MR) is 108 cm³/mol. The average molecular weight is 375 g/mol. The maximum Gasteiger partial charge on any atom is 0.224 e. The molecule has 0 aromatic heterocycles. The number of aliphatic hydroxyl groups excluding tert-OH is 1. The molecule has 1 unspecified atom stereocenters. The molecule has 0 spiro atoms. The zero-order chi connectivity index (χ0) is 19.6. The van der Waals surface area contributed by atoms with Crippen LogP contribution in [0.15, 0.2) is 12.2 Å². The van der Waals surface area contributed by atoms with Crippen molar-refractivity contribution in [2.24, 2.45) is 34.5 Å². The van der Waals surface area contributed by atoms with Gasteiger partial charge in [-0.25, -0.2) is 0 Å². The normalized spacial score (nSPS) is 49.1. The molecule has 4 aliphatic rings. The van der Waals surface area contributed by atoms with Gasteiger partial charge in [0, 0.05) is 22.9 Å². The lowest BCUT2D eigenvalue weighted by atomic mass is 9.48. The van der Waals surface area contributed by atoms with Gasteiger partial charge in [-0.1, -0.05) is 19.9 Å². The van der Waals surface area contributed by atoms with Crippen LogP contribution in [-0.4, -0.2) is 28.8 Å². The van der Waals surface area contributed by atoms with Crippen LogP contribution in [0, 0.1) is 34.5 Å². The van der Waals surface area contributed by atoms with Crippen LogP contribution in [-0.2, 0) is 4.79 Å². The standard InChI is InChI=1S/C23H38N2O2/c1-21(2,3)25-20(27)17-8-7-15-14-6-9-18-23(5,13-11-19(26)24-18)16(14)10-12-22(15,17)4/h11,13-19,24,26H,6-10,12H2,1-5H3,(H,25,27)/t14-,15-,16-,17+,18+,19?,22-,23+/m0/s1. The molecule has 1 heterocycles. The smallest absolute Gasteiger partial charge is 0.224 e. The summed E-state index contributed by atoms with van der Waals surface area (Å²) in [7, 11) is 0. The Morgan fingerprint density at radius 3 is 2.56 bits per heavy atom. The Morgan fingerprint density at radius 2 is 1.85 bits per heavy atom. The number of rotatable bonds is 1. The summed E-state index contributed by atoms with van der Waals surface area (Å²) >= 11 is 0. The summed E-state index contributed by atoms with van der Waals surface area (Å²) in [5.41, 5.74) is 0.119. The first kappa shape index (κ1) is 19.4. The molecule has 27 heavy (non-hydrogen) atoms. The fraction of sp³-hybridized carbons (Fsp3) is 0.870. The molecule has 0 saturated heterocycles. The van der Waals surface area contributed by atoms with E-state index in [1.165, 1.54) is 19.3 Å². The van der Waals surface area contributed by atoms with Crippen LogP contribution in [0.2, 0.25) is 0 Å². The molecular formula is C23H38N2O2. The average Bonchev–Trinajstić information content (AvgIpc) is 2.91. The molecule has 3 aliphatic carbocycles. The maximum atomic E-state index is 13.0. The highest BCUT2D eigenvalue weighted by atomic mass is 16.3. The molecule has 1 amide bonds. The summed E-state index contributed by atoms with van der Waals surface area (Å²) in [6.07, 6.45) is 10.7. The lowest BCUT2D eigenvalue weighted by molar-refractivity contribution is -0.134. The third kappa shape index (κ3) is 3.07. The van der Waals surface area contributed by atoms with Gasteiger partial charge in [0.05, 0.1) is 0 Å². The molecule has 3 fully saturated rings. The van der Waals surface area contributed by atoms with Crippen LogP contribution in [0.4, 0.5) is 0 Å². The highest BCUT2D eigenvalue weighted by Gasteiger charge is 2.60. The zero-order valence-corrected chi connectivity index (χ0v) is 17.7. The number of carbonyl (C=O) groups excluding carboxylic acids is 1. The van der Waals surface area contributed by atoms with E-state index in [9.17, 15) is 9.90 Å². The minimum atomic E-state index is -0.495. The van der Waals surface area contributed by atoms with Gasteiger partial charge >= 0.3 is 0 Å². The second kappa shape index (κ2) is 6.32. The van der Waals surface area contributed by atoms with Gasteiger partial charge in [0.15, 0.2) is 0 Å². The Kier molecular flexibility index (Phi) is 4.55. The van der Waals surface area contributed by atoms with Crippen molar-refractivity contribution in [3.05, 3.63) is 12.2 Å². The molecule has 0 radical (unpaired) electrons. The summed E-state index contributed by atoms with van der Waals surface area (Å²) in [5.74, 6) is 2.46. The first-order chi connectivity index (χ1) is 12.5. The fourth-order valence-corrected chi connectivity index (χ4v) is 7.34. The Hall–Kier alpha value is -0.870. The van der Waals surface area contributed by atoms with Crippen LogP contribution in [0.25, 0.3) is 0 Å². The van der Waals surface area contributed by atoms with E-state index in [0.717, 1.165) is 19.3 Å². The largest absolute Gasteiger partial charge is 0.375 e. The molecule has 152 valence electrons. The quantitative estimate of drug-likeness (QED) is 0.615. The van der Waals surface area contributed by atoms with Crippen molar-refractivity contribution in [1.82, 2.24) is 10.6 Å². The third-order valence-corrected chi connectivity index (χ3v) is 8.60. The summed E-state index contributed by atoms with van der Waals surface area (Å²) in [6, 6.07) is 0.379. The molecular weight excluding hydrogens is 336 g/mol. The second-order valence-corrected chi connectivity index (χ2v) is 11.3. The number of carbonyl (C=O) groups is 1. The van der Waals surface area contributed by atoms with Crippen molar-refractivity contribution in [2.75, 3.05) is 0 Å². The molecule has 4 nitrogen and oxygen atoms in total. The van der Waals surface area contributed by atoms with Crippen LogP contribution in [0.5, 0.6) is 0 Å². The van der Waals surface area contributed by atoms with Crippen LogP contribution >= 0.6 is 0 Å². The van der Waals surface area contributed by atoms with Crippen molar-refractivity contribution in [1.29, 1.82) is 0 Å². The molecule has 0 aromatic rings. The molecule has 0 bridgehead atoms. The van der Waals surface area contributed by atoms with Crippen LogP contribution in [0.1, 0.15) is 73.1 Å². The maximum absolute atomic E-state index is 13.0. The summed E-state index contributed by atoms with van der Waals surface area (Å²) in [6.45, 7) is 11.0. The van der Waals surface area contributed by atoms with Gasteiger partial charge in [0.2, 0.25) is 5.91 Å². The molecule has 0 aromatic carbocycles. The van der Waals surface area contributed by atoms with Gasteiger partial charge in [0.1, 0.15) is 6.23 Å². The number of aliphatic hydroxyl groups is 1. The minimum absolute atomic E-state index is 0.134. The van der Waals surface area contributed by atoms with Crippen molar-refractivity contribution >= 4 is 5.91 Å². The van der Waals surface area contributed by atoms with E-state index in [-0.39, 0.29) is 28.2 Å². The first-order valence-electron chi connectivity index (χ1n) is 11.0. The van der Waals surface area contributed by atoms with E-state index in [2.05, 4.69) is 51.3 Å². The molecule has 4 rings (SSSR count). The predicted octanol–water partition coefficient (Wildman–Crippen LogP) is 3.61. The summed E-state index contributed by atoms with van der Waals surface area (Å²) in [5, 5.41) is 16.7.